The van der Waals surface area contributed by atoms with Crippen molar-refractivity contribution in [2.45, 2.75) is 65.7 Å². The van der Waals surface area contributed by atoms with Gasteiger partial charge in [0.1, 0.15) is 6.29 Å². The second-order valence-electron chi connectivity index (χ2n) is 11.0. The van der Waals surface area contributed by atoms with E-state index in [-0.39, 0.29) is 0 Å². The molecule has 37 heavy (non-hydrogen) atoms. The highest BCUT2D eigenvalue weighted by Gasteiger charge is 2.28. The summed E-state index contributed by atoms with van der Waals surface area (Å²) >= 11 is 0. The molecular weight excluding hydrogens is 454 g/mol. The number of allylic oxidation sites excluding steroid dienone is 6. The minimum Gasteiger partial charge on any atom is -0.336 e. The van der Waals surface area contributed by atoms with E-state index in [0.717, 1.165) is 78.5 Å². The minimum absolute atomic E-state index is 0.323. The number of rotatable bonds is 9. The maximum Gasteiger partial charge on any atom is 0.148 e. The first-order valence-electron chi connectivity index (χ1n) is 13.3. The zero-order valence-electron chi connectivity index (χ0n) is 22.6. The van der Waals surface area contributed by atoms with Crippen molar-refractivity contribution in [2.24, 2.45) is 10.4 Å². The Bertz CT molecular complexity index is 1320. The smallest absolute Gasteiger partial charge is 0.148 e. The second-order valence-corrected chi connectivity index (χ2v) is 11.0. The molecule has 4 heteroatoms. The minimum atomic E-state index is 0.323. The van der Waals surface area contributed by atoms with Crippen molar-refractivity contribution < 1.29 is 4.79 Å². The lowest BCUT2D eigenvalue weighted by Gasteiger charge is -2.16. The van der Waals surface area contributed by atoms with Gasteiger partial charge in [-0.1, -0.05) is 69.7 Å². The van der Waals surface area contributed by atoms with E-state index in [1.165, 1.54) is 11.1 Å². The number of aliphatic imine (C=N–C) groups is 1. The summed E-state index contributed by atoms with van der Waals surface area (Å²) in [6.07, 6.45) is 13.2. The summed E-state index contributed by atoms with van der Waals surface area (Å²) in [5.41, 5.74) is 9.69. The molecule has 190 valence electrons. The van der Waals surface area contributed by atoms with Crippen LogP contribution in [0.25, 0.3) is 5.57 Å². The highest BCUT2D eigenvalue weighted by atomic mass is 16.1. The summed E-state index contributed by atoms with van der Waals surface area (Å²) in [4.78, 5) is 19.0. The van der Waals surface area contributed by atoms with Gasteiger partial charge in [0.2, 0.25) is 0 Å². The predicted octanol–water partition coefficient (Wildman–Crippen LogP) is 7.40. The van der Waals surface area contributed by atoms with E-state index < -0.39 is 0 Å². The number of fused-ring (bicyclic) bond motifs is 1. The molecule has 0 aromatic heterocycles. The average Bonchev–Trinajstić information content (AvgIpc) is 3.23. The summed E-state index contributed by atoms with van der Waals surface area (Å²) in [6.45, 7) is 6.75. The van der Waals surface area contributed by atoms with Crippen molar-refractivity contribution in [3.63, 3.8) is 0 Å². The van der Waals surface area contributed by atoms with E-state index in [0.29, 0.717) is 17.4 Å². The SMILES string of the molecule is CCC/C(N=CN(C)c1ccc2c(c1)CC(C)(C)C2)=C(/C=O)Cc1ccc(C2=CCCC=C2C#N)cc1. The maximum absolute atomic E-state index is 12.1. The summed E-state index contributed by atoms with van der Waals surface area (Å²) in [6, 6.07) is 17.2. The molecule has 0 saturated carbocycles. The number of aldehydes is 1. The third-order valence-corrected chi connectivity index (χ3v) is 7.26. The van der Waals surface area contributed by atoms with E-state index >= 15 is 0 Å². The van der Waals surface area contributed by atoms with Gasteiger partial charge >= 0.3 is 0 Å². The first kappa shape index (κ1) is 26.4. The molecule has 0 aliphatic heterocycles. The fraction of sp³-hybridized carbons (Fsp3) is 0.364. The topological polar surface area (TPSA) is 56.5 Å². The Morgan fingerprint density at radius 1 is 1.08 bits per heavy atom. The zero-order chi connectivity index (χ0) is 26.4. The van der Waals surface area contributed by atoms with Crippen LogP contribution in [0.5, 0.6) is 0 Å². The van der Waals surface area contributed by atoms with Gasteiger partial charge in [0.25, 0.3) is 0 Å². The monoisotopic (exact) mass is 491 g/mol. The van der Waals surface area contributed by atoms with Crippen LogP contribution in [0.15, 0.2) is 76.5 Å². The molecule has 0 radical (unpaired) electrons. The molecule has 0 fully saturated rings. The van der Waals surface area contributed by atoms with Gasteiger partial charge in [0, 0.05) is 30.4 Å². The van der Waals surface area contributed by atoms with Crippen molar-refractivity contribution in [1.29, 1.82) is 5.26 Å². The molecular formula is C33H37N3O. The fourth-order valence-corrected chi connectivity index (χ4v) is 5.32. The molecule has 0 atom stereocenters. The van der Waals surface area contributed by atoms with Crippen LogP contribution in [0.1, 0.15) is 68.7 Å². The summed E-state index contributed by atoms with van der Waals surface area (Å²) in [7, 11) is 2.01. The number of hydrogen-bond donors (Lipinski definition) is 0. The highest BCUT2D eigenvalue weighted by molar-refractivity contribution is 5.84. The Balaban J connectivity index is 1.51. The normalized spacial score (nSPS) is 16.9. The molecule has 0 spiro atoms. The van der Waals surface area contributed by atoms with Gasteiger partial charge in [0.05, 0.1) is 18.0 Å². The molecule has 4 nitrogen and oxygen atoms in total. The quantitative estimate of drug-likeness (QED) is 0.159. The number of benzene rings is 2. The lowest BCUT2D eigenvalue weighted by Crippen LogP contribution is -2.15. The van der Waals surface area contributed by atoms with Crippen LogP contribution in [0.3, 0.4) is 0 Å². The van der Waals surface area contributed by atoms with Gasteiger partial charge in [-0.3, -0.25) is 4.79 Å². The molecule has 0 N–H and O–H groups in total. The highest BCUT2D eigenvalue weighted by Crippen LogP contribution is 2.37. The number of carbonyl (C=O) groups excluding carboxylic acids is 1. The van der Waals surface area contributed by atoms with E-state index in [4.69, 9.17) is 4.99 Å². The van der Waals surface area contributed by atoms with Gasteiger partial charge in [-0.2, -0.15) is 5.26 Å². The molecule has 0 bridgehead atoms. The first-order valence-corrected chi connectivity index (χ1v) is 13.3. The van der Waals surface area contributed by atoms with Crippen LogP contribution in [0.2, 0.25) is 0 Å². The van der Waals surface area contributed by atoms with Gasteiger partial charge in [0.15, 0.2) is 0 Å². The van der Waals surface area contributed by atoms with Crippen LogP contribution in [0.4, 0.5) is 5.69 Å². The van der Waals surface area contributed by atoms with Crippen LogP contribution in [0, 0.1) is 16.7 Å². The summed E-state index contributed by atoms with van der Waals surface area (Å²) in [5.74, 6) is 0. The van der Waals surface area contributed by atoms with Crippen molar-refractivity contribution in [3.8, 4) is 6.07 Å². The molecule has 2 aliphatic rings. The Kier molecular flexibility index (Phi) is 8.24. The van der Waals surface area contributed by atoms with Crippen molar-refractivity contribution in [2.75, 3.05) is 11.9 Å². The van der Waals surface area contributed by atoms with E-state index in [9.17, 15) is 10.1 Å². The zero-order valence-corrected chi connectivity index (χ0v) is 22.6. The number of nitriles is 1. The third-order valence-electron chi connectivity index (χ3n) is 7.26. The lowest BCUT2D eigenvalue weighted by molar-refractivity contribution is -0.105. The van der Waals surface area contributed by atoms with Crippen molar-refractivity contribution in [3.05, 3.63) is 93.7 Å². The van der Waals surface area contributed by atoms with Gasteiger partial charge < -0.3 is 4.90 Å². The Morgan fingerprint density at radius 3 is 2.51 bits per heavy atom. The number of hydrogen-bond acceptors (Lipinski definition) is 3. The van der Waals surface area contributed by atoms with Crippen LogP contribution < -0.4 is 4.90 Å². The molecule has 0 heterocycles. The average molecular weight is 492 g/mol. The predicted molar refractivity (Wildman–Crippen MR) is 154 cm³/mol. The molecule has 0 amide bonds. The molecule has 2 aliphatic carbocycles. The number of carbonyl (C=O) groups is 1. The van der Waals surface area contributed by atoms with Gasteiger partial charge in [-0.25, -0.2) is 4.99 Å². The fourth-order valence-electron chi connectivity index (χ4n) is 5.32. The largest absolute Gasteiger partial charge is 0.336 e. The molecule has 2 aromatic carbocycles. The standard InChI is InChI=1S/C33H37N3O/c1-5-8-32(35-23-36(4)30-16-15-26-19-33(2,3)20-28(26)18-30)29(22-37)17-24-11-13-25(14-12-24)31-10-7-6-9-27(31)21-34/h9-16,18,22-23H,5-8,17,19-20H2,1-4H3/b32-29-,35-23?. The second kappa shape index (κ2) is 11.6. The summed E-state index contributed by atoms with van der Waals surface area (Å²) in [5, 5.41) is 9.44. The Morgan fingerprint density at radius 2 is 1.81 bits per heavy atom. The summed E-state index contributed by atoms with van der Waals surface area (Å²) < 4.78 is 0. The Hall–Kier alpha value is -3.71. The Labute approximate surface area is 221 Å². The van der Waals surface area contributed by atoms with Crippen molar-refractivity contribution in [1.82, 2.24) is 0 Å². The molecule has 0 unspecified atom stereocenters. The molecule has 0 saturated heterocycles. The molecule has 4 rings (SSSR count). The lowest BCUT2D eigenvalue weighted by atomic mass is 9.90. The first-order chi connectivity index (χ1) is 17.8. The van der Waals surface area contributed by atoms with Gasteiger partial charge in [-0.15, -0.1) is 0 Å². The maximum atomic E-state index is 12.1. The van der Waals surface area contributed by atoms with E-state index in [1.807, 2.05) is 36.5 Å². The van der Waals surface area contributed by atoms with Crippen LogP contribution in [-0.2, 0) is 24.1 Å². The van der Waals surface area contributed by atoms with E-state index in [2.05, 4.69) is 63.2 Å². The van der Waals surface area contributed by atoms with Crippen LogP contribution in [-0.4, -0.2) is 19.7 Å². The van der Waals surface area contributed by atoms with E-state index in [1.54, 1.807) is 0 Å². The third kappa shape index (κ3) is 6.35. The number of nitrogens with zero attached hydrogens (tertiary/aromatic N) is 3. The molecule has 2 aromatic rings. The van der Waals surface area contributed by atoms with Crippen molar-refractivity contribution >= 4 is 23.9 Å². The van der Waals surface area contributed by atoms with Crippen LogP contribution >= 0.6 is 0 Å². The van der Waals surface area contributed by atoms with Gasteiger partial charge in [-0.05, 0) is 77.5 Å². The number of anilines is 1.